The zero-order valence-electron chi connectivity index (χ0n) is 10.2. The summed E-state index contributed by atoms with van der Waals surface area (Å²) in [5, 5.41) is 0. The summed E-state index contributed by atoms with van der Waals surface area (Å²) in [6.07, 6.45) is 2.67. The summed E-state index contributed by atoms with van der Waals surface area (Å²) in [6, 6.07) is -0.432. The molecular formula is C12H16ClNO4. The maximum atomic E-state index is 11.8. The first-order chi connectivity index (χ1) is 8.65. The van der Waals surface area contributed by atoms with Gasteiger partial charge in [0.05, 0.1) is 18.5 Å². The Morgan fingerprint density at radius 1 is 1.67 bits per heavy atom. The number of nitrogens with zero attached hydrogens (tertiary/aromatic N) is 1. The molecule has 0 aromatic heterocycles. The van der Waals surface area contributed by atoms with Crippen LogP contribution in [-0.4, -0.2) is 55.6 Å². The summed E-state index contributed by atoms with van der Waals surface area (Å²) in [4.78, 5) is 24.8. The lowest BCUT2D eigenvalue weighted by Crippen LogP contribution is -2.41. The number of Topliss-reactive ketones (excluding diaryl/α,β-unsaturated/α-hetero) is 1. The molecule has 1 aliphatic heterocycles. The molecule has 1 amide bonds. The van der Waals surface area contributed by atoms with Gasteiger partial charge in [0.25, 0.3) is 0 Å². The Kier molecular flexibility index (Phi) is 5.88. The summed E-state index contributed by atoms with van der Waals surface area (Å²) in [6.45, 7) is 4.15. The van der Waals surface area contributed by atoms with E-state index in [0.29, 0.717) is 12.1 Å². The van der Waals surface area contributed by atoms with Crippen molar-refractivity contribution in [2.45, 2.75) is 6.04 Å². The van der Waals surface area contributed by atoms with Gasteiger partial charge in [-0.25, -0.2) is 4.79 Å². The molecule has 1 atom stereocenters. The fourth-order valence-electron chi connectivity index (χ4n) is 1.76. The Balaban J connectivity index is 2.74. The van der Waals surface area contributed by atoms with Crippen LogP contribution in [0.5, 0.6) is 0 Å². The average molecular weight is 274 g/mol. The van der Waals surface area contributed by atoms with Gasteiger partial charge < -0.3 is 9.47 Å². The first-order valence-corrected chi connectivity index (χ1v) is 6.01. The van der Waals surface area contributed by atoms with Gasteiger partial charge in [-0.15, -0.1) is 11.6 Å². The molecule has 1 rings (SSSR count). The van der Waals surface area contributed by atoms with Gasteiger partial charge in [-0.1, -0.05) is 18.7 Å². The molecule has 1 aliphatic rings. The van der Waals surface area contributed by atoms with E-state index < -0.39 is 12.1 Å². The maximum absolute atomic E-state index is 11.8. The minimum atomic E-state index is -0.495. The normalized spacial score (nSPS) is 18.4. The lowest BCUT2D eigenvalue weighted by molar-refractivity contribution is -0.113. The van der Waals surface area contributed by atoms with Crippen molar-refractivity contribution in [3.63, 3.8) is 0 Å². The van der Waals surface area contributed by atoms with Gasteiger partial charge in [0, 0.05) is 19.2 Å². The van der Waals surface area contributed by atoms with Gasteiger partial charge in [-0.2, -0.15) is 0 Å². The fourth-order valence-corrected chi connectivity index (χ4v) is 1.91. The Morgan fingerprint density at radius 3 is 2.94 bits per heavy atom. The number of halogens is 1. The SMILES string of the molecule is C=CCOC(=O)N1CC=C(C(=O)CCl)[C@@H]1COC. The van der Waals surface area contributed by atoms with Crippen LogP contribution in [0.15, 0.2) is 24.3 Å². The highest BCUT2D eigenvalue weighted by atomic mass is 35.5. The molecule has 0 N–H and O–H groups in total. The second-order valence-electron chi connectivity index (χ2n) is 3.71. The topological polar surface area (TPSA) is 55.8 Å². The second kappa shape index (κ2) is 7.18. The van der Waals surface area contributed by atoms with Crippen LogP contribution in [0.4, 0.5) is 4.79 Å². The van der Waals surface area contributed by atoms with E-state index in [9.17, 15) is 9.59 Å². The molecule has 0 radical (unpaired) electrons. The van der Waals surface area contributed by atoms with E-state index in [2.05, 4.69) is 6.58 Å². The molecular weight excluding hydrogens is 258 g/mol. The third-order valence-electron chi connectivity index (χ3n) is 2.57. The van der Waals surface area contributed by atoms with E-state index in [4.69, 9.17) is 21.1 Å². The predicted octanol–water partition coefficient (Wildman–Crippen LogP) is 1.37. The van der Waals surface area contributed by atoms with E-state index in [-0.39, 0.29) is 24.9 Å². The van der Waals surface area contributed by atoms with Gasteiger partial charge in [0.2, 0.25) is 0 Å². The average Bonchev–Trinajstić information content (AvgIpc) is 2.79. The molecule has 1 heterocycles. The third kappa shape index (κ3) is 3.34. The van der Waals surface area contributed by atoms with Crippen molar-refractivity contribution in [1.29, 1.82) is 0 Å². The number of ether oxygens (including phenoxy) is 2. The molecule has 18 heavy (non-hydrogen) atoms. The molecule has 6 heteroatoms. The van der Waals surface area contributed by atoms with Crippen molar-refractivity contribution in [3.05, 3.63) is 24.3 Å². The summed E-state index contributed by atoms with van der Waals surface area (Å²) in [7, 11) is 1.51. The number of methoxy groups -OCH3 is 1. The summed E-state index contributed by atoms with van der Waals surface area (Å²) < 4.78 is 9.98. The zero-order valence-corrected chi connectivity index (χ0v) is 11.0. The largest absolute Gasteiger partial charge is 0.445 e. The van der Waals surface area contributed by atoms with Crippen molar-refractivity contribution in [2.24, 2.45) is 0 Å². The number of rotatable bonds is 6. The first kappa shape index (κ1) is 14.7. The molecule has 5 nitrogen and oxygen atoms in total. The van der Waals surface area contributed by atoms with E-state index in [0.717, 1.165) is 0 Å². The molecule has 0 bridgehead atoms. The Bertz CT molecular complexity index is 367. The highest BCUT2D eigenvalue weighted by molar-refractivity contribution is 6.30. The maximum Gasteiger partial charge on any atom is 0.410 e. The summed E-state index contributed by atoms with van der Waals surface area (Å²) in [5.41, 5.74) is 0.502. The van der Waals surface area contributed by atoms with Crippen molar-refractivity contribution in [1.82, 2.24) is 4.90 Å². The number of hydrogen-bond acceptors (Lipinski definition) is 4. The number of ketones is 1. The lowest BCUT2D eigenvalue weighted by Gasteiger charge is -2.25. The quantitative estimate of drug-likeness (QED) is 0.542. The highest BCUT2D eigenvalue weighted by Crippen LogP contribution is 2.21. The molecule has 0 fully saturated rings. The fraction of sp³-hybridized carbons (Fsp3) is 0.500. The summed E-state index contributed by atoms with van der Waals surface area (Å²) >= 11 is 5.53. The second-order valence-corrected chi connectivity index (χ2v) is 3.97. The number of carbonyl (C=O) groups excluding carboxylic acids is 2. The van der Waals surface area contributed by atoms with Crippen LogP contribution in [0.1, 0.15) is 0 Å². The third-order valence-corrected chi connectivity index (χ3v) is 2.81. The van der Waals surface area contributed by atoms with Crippen LogP contribution in [0, 0.1) is 0 Å². The number of alkyl halides is 1. The first-order valence-electron chi connectivity index (χ1n) is 5.48. The minimum Gasteiger partial charge on any atom is -0.445 e. The van der Waals surface area contributed by atoms with Crippen molar-refractivity contribution >= 4 is 23.5 Å². The number of amides is 1. The zero-order chi connectivity index (χ0) is 13.5. The monoisotopic (exact) mass is 273 g/mol. The van der Waals surface area contributed by atoms with E-state index in [1.54, 1.807) is 6.08 Å². The van der Waals surface area contributed by atoms with Gasteiger partial charge in [0.15, 0.2) is 5.78 Å². The molecule has 0 saturated heterocycles. The smallest absolute Gasteiger partial charge is 0.410 e. The van der Waals surface area contributed by atoms with Crippen LogP contribution >= 0.6 is 11.6 Å². The number of hydrogen-bond donors (Lipinski definition) is 0. The Hall–Kier alpha value is -1.33. The van der Waals surface area contributed by atoms with Gasteiger partial charge in [0.1, 0.15) is 6.61 Å². The van der Waals surface area contributed by atoms with Crippen LogP contribution < -0.4 is 0 Å². The van der Waals surface area contributed by atoms with Crippen molar-refractivity contribution in [3.8, 4) is 0 Å². The van der Waals surface area contributed by atoms with E-state index in [1.165, 1.54) is 18.1 Å². The van der Waals surface area contributed by atoms with E-state index in [1.807, 2.05) is 0 Å². The highest BCUT2D eigenvalue weighted by Gasteiger charge is 2.34. The predicted molar refractivity (Wildman–Crippen MR) is 67.7 cm³/mol. The van der Waals surface area contributed by atoms with Crippen LogP contribution in [-0.2, 0) is 14.3 Å². The molecule has 0 unspecified atom stereocenters. The van der Waals surface area contributed by atoms with Crippen LogP contribution in [0.25, 0.3) is 0 Å². The lowest BCUT2D eigenvalue weighted by atomic mass is 10.1. The standard InChI is InChI=1S/C12H16ClNO4/c1-3-6-18-12(16)14-5-4-9(11(15)7-13)10(14)8-17-2/h3-4,10H,1,5-8H2,2H3/t10-/m0/s1. The molecule has 0 spiro atoms. The molecule has 0 aliphatic carbocycles. The molecule has 0 saturated carbocycles. The van der Waals surface area contributed by atoms with Crippen LogP contribution in [0.3, 0.4) is 0 Å². The minimum absolute atomic E-state index is 0.110. The van der Waals surface area contributed by atoms with Gasteiger partial charge in [-0.3, -0.25) is 9.69 Å². The van der Waals surface area contributed by atoms with E-state index >= 15 is 0 Å². The van der Waals surface area contributed by atoms with Crippen molar-refractivity contribution < 1.29 is 19.1 Å². The molecule has 0 aromatic carbocycles. The number of carbonyl (C=O) groups is 2. The molecule has 100 valence electrons. The summed E-state index contributed by atoms with van der Waals surface area (Å²) in [5.74, 6) is -0.306. The van der Waals surface area contributed by atoms with Gasteiger partial charge >= 0.3 is 6.09 Å². The molecule has 0 aromatic rings. The van der Waals surface area contributed by atoms with Gasteiger partial charge in [-0.05, 0) is 0 Å². The Labute approximate surface area is 111 Å². The van der Waals surface area contributed by atoms with Crippen LogP contribution in [0.2, 0.25) is 0 Å². The van der Waals surface area contributed by atoms with Crippen molar-refractivity contribution in [2.75, 3.05) is 32.7 Å². The Morgan fingerprint density at radius 2 is 2.39 bits per heavy atom.